The van der Waals surface area contributed by atoms with Gasteiger partial charge in [-0.2, -0.15) is 10.2 Å². The lowest BCUT2D eigenvalue weighted by Crippen LogP contribution is -2.65. The molecule has 2 aliphatic rings. The van der Waals surface area contributed by atoms with E-state index in [4.69, 9.17) is 5.73 Å². The number of carbonyl (C=O) groups is 1. The molecule has 7 nitrogen and oxygen atoms in total. The van der Waals surface area contributed by atoms with E-state index in [0.717, 1.165) is 15.7 Å². The molecule has 1 spiro atoms. The second-order valence-electron chi connectivity index (χ2n) is 5.87. The number of para-hydroxylation sites is 1. The molecule has 0 aromatic heterocycles. The molecule has 0 saturated carbocycles. The quantitative estimate of drug-likeness (QED) is 0.575. The second kappa shape index (κ2) is 5.89. The molecular formula is C17H15BrN6O. The summed E-state index contributed by atoms with van der Waals surface area (Å²) in [5.41, 5.74) is 13.6. The van der Waals surface area contributed by atoms with Gasteiger partial charge in [-0.1, -0.05) is 40.2 Å². The van der Waals surface area contributed by atoms with Crippen LogP contribution in [0.15, 0.2) is 63.2 Å². The number of benzene rings is 2. The van der Waals surface area contributed by atoms with Gasteiger partial charge in [-0.15, -0.1) is 0 Å². The second-order valence-corrected chi connectivity index (χ2v) is 6.79. The summed E-state index contributed by atoms with van der Waals surface area (Å²) in [6.07, 6.45) is 0.377. The highest BCUT2D eigenvalue weighted by Gasteiger charge is 2.46. The summed E-state index contributed by atoms with van der Waals surface area (Å²) in [5.74, 6) is 0.143. The average Bonchev–Trinajstić information content (AvgIpc) is 3.04. The number of nitrogens with two attached hydrogens (primary N) is 1. The first kappa shape index (κ1) is 15.6. The van der Waals surface area contributed by atoms with E-state index in [1.807, 2.05) is 36.4 Å². The van der Waals surface area contributed by atoms with Crippen LogP contribution in [-0.2, 0) is 4.79 Å². The standard InChI is InChI=1S/C17H15BrN6O/c18-11-7-5-10(6-8-11)14-9-17(23-21-14)16(25)20-15(22-24-17)12-3-1-2-4-13(12)19/h1-8,23-24H,9,19H2,(H,20,22,25). The fourth-order valence-corrected chi connectivity index (χ4v) is 3.05. The number of hydrazone groups is 2. The highest BCUT2D eigenvalue weighted by atomic mass is 79.9. The van der Waals surface area contributed by atoms with Crippen molar-refractivity contribution in [3.8, 4) is 0 Å². The zero-order chi connectivity index (χ0) is 17.4. The van der Waals surface area contributed by atoms with E-state index in [1.165, 1.54) is 0 Å². The molecule has 5 N–H and O–H groups in total. The monoisotopic (exact) mass is 398 g/mol. The molecule has 2 aromatic carbocycles. The van der Waals surface area contributed by atoms with Gasteiger partial charge < -0.3 is 11.1 Å². The summed E-state index contributed by atoms with van der Waals surface area (Å²) < 4.78 is 0.987. The van der Waals surface area contributed by atoms with Crippen LogP contribution in [0.3, 0.4) is 0 Å². The van der Waals surface area contributed by atoms with Gasteiger partial charge in [0.2, 0.25) is 5.66 Å². The third-order valence-electron chi connectivity index (χ3n) is 4.19. The molecule has 0 aliphatic carbocycles. The van der Waals surface area contributed by atoms with E-state index >= 15 is 0 Å². The molecular weight excluding hydrogens is 384 g/mol. The Morgan fingerprint density at radius 1 is 1.04 bits per heavy atom. The zero-order valence-corrected chi connectivity index (χ0v) is 14.7. The molecule has 2 aromatic rings. The lowest BCUT2D eigenvalue weighted by Gasteiger charge is -2.31. The van der Waals surface area contributed by atoms with Gasteiger partial charge >= 0.3 is 0 Å². The number of amides is 1. The van der Waals surface area contributed by atoms with Crippen LogP contribution in [-0.4, -0.2) is 23.1 Å². The molecule has 1 amide bonds. The Labute approximate surface area is 152 Å². The Hall–Kier alpha value is -2.87. The van der Waals surface area contributed by atoms with Crippen LogP contribution < -0.4 is 21.9 Å². The number of halogens is 1. The molecule has 4 rings (SSSR count). The van der Waals surface area contributed by atoms with E-state index in [9.17, 15) is 4.79 Å². The number of nitrogens with zero attached hydrogens (tertiary/aromatic N) is 2. The smallest absolute Gasteiger partial charge is 0.275 e. The SMILES string of the molecule is Nc1ccccc1C1=NNC2(CC(c3ccc(Br)cc3)=NN2)C(=O)N1. The number of rotatable bonds is 2. The third-order valence-corrected chi connectivity index (χ3v) is 4.71. The Bertz CT molecular complexity index is 908. The van der Waals surface area contributed by atoms with E-state index in [2.05, 4.69) is 42.3 Å². The minimum Gasteiger partial charge on any atom is -0.398 e. The van der Waals surface area contributed by atoms with Crippen molar-refractivity contribution in [3.63, 3.8) is 0 Å². The maximum absolute atomic E-state index is 12.7. The number of amidine groups is 1. The minimum atomic E-state index is -1.09. The van der Waals surface area contributed by atoms with Gasteiger partial charge in [0.25, 0.3) is 5.91 Å². The predicted octanol–water partition coefficient (Wildman–Crippen LogP) is 1.51. The van der Waals surface area contributed by atoms with Crippen LogP contribution in [0.1, 0.15) is 17.5 Å². The molecule has 0 saturated heterocycles. The van der Waals surface area contributed by atoms with Gasteiger partial charge in [-0.3, -0.25) is 15.6 Å². The van der Waals surface area contributed by atoms with Crippen molar-refractivity contribution in [2.45, 2.75) is 12.1 Å². The Balaban J connectivity index is 1.57. The van der Waals surface area contributed by atoms with E-state index in [-0.39, 0.29) is 5.91 Å². The lowest BCUT2D eigenvalue weighted by molar-refractivity contribution is -0.127. The lowest BCUT2D eigenvalue weighted by atomic mass is 9.98. The summed E-state index contributed by atoms with van der Waals surface area (Å²) in [7, 11) is 0. The van der Waals surface area contributed by atoms with Crippen molar-refractivity contribution in [3.05, 3.63) is 64.1 Å². The van der Waals surface area contributed by atoms with Crippen molar-refractivity contribution in [1.29, 1.82) is 0 Å². The predicted molar refractivity (Wildman–Crippen MR) is 99.8 cm³/mol. The summed E-state index contributed by atoms with van der Waals surface area (Å²) >= 11 is 3.41. The Morgan fingerprint density at radius 2 is 1.76 bits per heavy atom. The van der Waals surface area contributed by atoms with Crippen LogP contribution in [0.25, 0.3) is 0 Å². The number of nitrogens with one attached hydrogen (secondary N) is 3. The van der Waals surface area contributed by atoms with Crippen LogP contribution in [0.2, 0.25) is 0 Å². The number of nitrogen functional groups attached to an aromatic ring is 1. The van der Waals surface area contributed by atoms with Crippen molar-refractivity contribution in [2.24, 2.45) is 10.2 Å². The van der Waals surface area contributed by atoms with Gasteiger partial charge in [0.1, 0.15) is 0 Å². The first-order chi connectivity index (χ1) is 12.1. The van der Waals surface area contributed by atoms with E-state index < -0.39 is 5.66 Å². The Kier molecular flexibility index (Phi) is 3.69. The summed E-state index contributed by atoms with van der Waals surface area (Å²) in [6.45, 7) is 0. The van der Waals surface area contributed by atoms with Crippen LogP contribution in [0, 0.1) is 0 Å². The minimum absolute atomic E-state index is 0.253. The highest BCUT2D eigenvalue weighted by Crippen LogP contribution is 2.23. The molecule has 1 unspecified atom stereocenters. The molecule has 8 heteroatoms. The van der Waals surface area contributed by atoms with Gasteiger partial charge in [-0.05, 0) is 29.8 Å². The summed E-state index contributed by atoms with van der Waals surface area (Å²) in [4.78, 5) is 12.7. The van der Waals surface area contributed by atoms with Crippen LogP contribution >= 0.6 is 15.9 Å². The summed E-state index contributed by atoms with van der Waals surface area (Å²) in [5, 5.41) is 11.4. The van der Waals surface area contributed by atoms with E-state index in [1.54, 1.807) is 12.1 Å². The maximum Gasteiger partial charge on any atom is 0.275 e. The van der Waals surface area contributed by atoms with Crippen molar-refractivity contribution in [2.75, 3.05) is 5.73 Å². The Morgan fingerprint density at radius 3 is 2.48 bits per heavy atom. The number of anilines is 1. The topological polar surface area (TPSA) is 104 Å². The normalized spacial score (nSPS) is 21.9. The van der Waals surface area contributed by atoms with Crippen molar-refractivity contribution in [1.82, 2.24) is 16.2 Å². The molecule has 1 atom stereocenters. The largest absolute Gasteiger partial charge is 0.398 e. The highest BCUT2D eigenvalue weighted by molar-refractivity contribution is 9.10. The van der Waals surface area contributed by atoms with Gasteiger partial charge in [0.15, 0.2) is 5.84 Å². The molecule has 0 radical (unpaired) electrons. The number of carbonyl (C=O) groups excluding carboxylic acids is 1. The number of hydrogen-bond donors (Lipinski definition) is 4. The molecule has 126 valence electrons. The van der Waals surface area contributed by atoms with E-state index in [0.29, 0.717) is 23.5 Å². The van der Waals surface area contributed by atoms with Gasteiger partial charge in [0.05, 0.1) is 5.71 Å². The average molecular weight is 399 g/mol. The van der Waals surface area contributed by atoms with Crippen molar-refractivity contribution < 1.29 is 4.79 Å². The summed E-state index contributed by atoms with van der Waals surface area (Å²) in [6, 6.07) is 15.0. The first-order valence-corrected chi connectivity index (χ1v) is 8.48. The van der Waals surface area contributed by atoms with Crippen molar-refractivity contribution >= 4 is 39.1 Å². The molecule has 0 fully saturated rings. The van der Waals surface area contributed by atoms with Crippen LogP contribution in [0.4, 0.5) is 5.69 Å². The fourth-order valence-electron chi connectivity index (χ4n) is 2.78. The fraction of sp³-hybridized carbons (Fsp3) is 0.118. The zero-order valence-electron chi connectivity index (χ0n) is 13.1. The third kappa shape index (κ3) is 2.74. The first-order valence-electron chi connectivity index (χ1n) is 7.68. The molecule has 0 bridgehead atoms. The molecule has 25 heavy (non-hydrogen) atoms. The van der Waals surface area contributed by atoms with Gasteiger partial charge in [-0.25, -0.2) is 0 Å². The van der Waals surface area contributed by atoms with Crippen LogP contribution in [0.5, 0.6) is 0 Å². The maximum atomic E-state index is 12.7. The number of hydrogen-bond acceptors (Lipinski definition) is 6. The molecule has 2 aliphatic heterocycles. The molecule has 2 heterocycles. The van der Waals surface area contributed by atoms with Gasteiger partial charge in [0, 0.05) is 22.1 Å².